The van der Waals surface area contributed by atoms with Crippen LogP contribution in [0.25, 0.3) is 22.3 Å². The van der Waals surface area contributed by atoms with Gasteiger partial charge in [-0.15, -0.1) is 0 Å². The molecule has 10 nitrogen and oxygen atoms in total. The molecule has 176 valence electrons. The lowest BCUT2D eigenvalue weighted by Crippen LogP contribution is -2.60. The van der Waals surface area contributed by atoms with Gasteiger partial charge in [-0.25, -0.2) is 0 Å². The second kappa shape index (κ2) is 9.38. The smallest absolute Gasteiger partial charge is 0.229 e. The second-order valence-corrected chi connectivity index (χ2v) is 7.52. The standard InChI is InChI=1S/C23H24O10/c1-29-13-7-16(30-2)19-14(25)9-15(32-17(19)8-13)11-3-5-12(6-4-11)31-23-22(28)21(27)20(26)18(10-24)33-23/h3-9,18,20-24,26-28H,10H2,1-2H3/t18-,20-,21+,22-,23+/m0/s1. The Morgan fingerprint density at radius 1 is 0.909 bits per heavy atom. The average molecular weight is 460 g/mol. The number of methoxy groups -OCH3 is 2. The Hall–Kier alpha value is -3.15. The van der Waals surface area contributed by atoms with Crippen molar-refractivity contribution >= 4 is 11.0 Å². The average Bonchev–Trinajstić information content (AvgIpc) is 2.83. The Labute approximate surface area is 188 Å². The van der Waals surface area contributed by atoms with Crippen LogP contribution in [0.1, 0.15) is 0 Å². The highest BCUT2D eigenvalue weighted by atomic mass is 16.7. The predicted molar refractivity (Wildman–Crippen MR) is 115 cm³/mol. The Kier molecular flexibility index (Phi) is 6.54. The van der Waals surface area contributed by atoms with Crippen molar-refractivity contribution in [3.05, 3.63) is 52.7 Å². The molecule has 0 unspecified atom stereocenters. The second-order valence-electron chi connectivity index (χ2n) is 7.52. The van der Waals surface area contributed by atoms with Crippen LogP contribution in [-0.2, 0) is 4.74 Å². The van der Waals surface area contributed by atoms with Crippen molar-refractivity contribution < 1.29 is 43.8 Å². The lowest BCUT2D eigenvalue weighted by molar-refractivity contribution is -0.277. The summed E-state index contributed by atoms with van der Waals surface area (Å²) in [6, 6.07) is 11.0. The van der Waals surface area contributed by atoms with Crippen molar-refractivity contribution in [2.45, 2.75) is 30.7 Å². The molecule has 1 aromatic heterocycles. The molecule has 0 spiro atoms. The van der Waals surface area contributed by atoms with E-state index in [-0.39, 0.29) is 11.2 Å². The van der Waals surface area contributed by atoms with Crippen LogP contribution in [0.2, 0.25) is 0 Å². The number of benzene rings is 2. The highest BCUT2D eigenvalue weighted by Crippen LogP contribution is 2.32. The molecule has 1 saturated heterocycles. The summed E-state index contributed by atoms with van der Waals surface area (Å²) in [6.45, 7) is -0.555. The molecule has 0 amide bonds. The van der Waals surface area contributed by atoms with Crippen LogP contribution in [0.5, 0.6) is 17.2 Å². The summed E-state index contributed by atoms with van der Waals surface area (Å²) in [6.07, 6.45) is -6.91. The monoisotopic (exact) mass is 460 g/mol. The first-order valence-electron chi connectivity index (χ1n) is 10.1. The van der Waals surface area contributed by atoms with Crippen molar-refractivity contribution in [2.75, 3.05) is 20.8 Å². The lowest BCUT2D eigenvalue weighted by Gasteiger charge is -2.39. The number of aliphatic hydroxyl groups excluding tert-OH is 4. The SMILES string of the molecule is COc1cc(OC)c2c(=O)cc(-c3ccc(O[C@@H]4O[C@@H](CO)[C@H](O)[C@@H](O)[C@@H]4O)cc3)oc2c1. The fraction of sp³-hybridized carbons (Fsp3) is 0.348. The molecular weight excluding hydrogens is 436 g/mol. The summed E-state index contributed by atoms with van der Waals surface area (Å²) in [5.74, 6) is 1.41. The minimum absolute atomic E-state index is 0.285. The first-order chi connectivity index (χ1) is 15.9. The van der Waals surface area contributed by atoms with Crippen LogP contribution in [-0.4, -0.2) is 72.0 Å². The van der Waals surface area contributed by atoms with E-state index < -0.39 is 37.3 Å². The molecule has 5 atom stereocenters. The third-order valence-electron chi connectivity index (χ3n) is 5.46. The zero-order valence-corrected chi connectivity index (χ0v) is 17.9. The van der Waals surface area contributed by atoms with Gasteiger partial charge in [0, 0.05) is 23.8 Å². The summed E-state index contributed by atoms with van der Waals surface area (Å²) in [5, 5.41) is 39.5. The van der Waals surface area contributed by atoms with Crippen molar-refractivity contribution in [1.82, 2.24) is 0 Å². The van der Waals surface area contributed by atoms with E-state index in [2.05, 4.69) is 0 Å². The van der Waals surface area contributed by atoms with Crippen molar-refractivity contribution in [2.24, 2.45) is 0 Å². The molecule has 4 rings (SSSR count). The molecule has 1 aliphatic heterocycles. The van der Waals surface area contributed by atoms with E-state index in [9.17, 15) is 25.2 Å². The number of hydrogen-bond acceptors (Lipinski definition) is 10. The van der Waals surface area contributed by atoms with Gasteiger partial charge in [-0.3, -0.25) is 4.79 Å². The first-order valence-corrected chi connectivity index (χ1v) is 10.1. The van der Waals surface area contributed by atoms with E-state index in [0.717, 1.165) is 0 Å². The predicted octanol–water partition coefficient (Wildman–Crippen LogP) is 0.656. The summed E-state index contributed by atoms with van der Waals surface area (Å²) in [7, 11) is 2.95. The van der Waals surface area contributed by atoms with Gasteiger partial charge in [0.05, 0.1) is 20.8 Å². The highest BCUT2D eigenvalue weighted by molar-refractivity contribution is 5.86. The van der Waals surface area contributed by atoms with Crippen molar-refractivity contribution in [1.29, 1.82) is 0 Å². The van der Waals surface area contributed by atoms with Gasteiger partial charge in [0.2, 0.25) is 6.29 Å². The largest absolute Gasteiger partial charge is 0.496 e. The quantitative estimate of drug-likeness (QED) is 0.413. The molecule has 0 bridgehead atoms. The molecule has 4 N–H and O–H groups in total. The van der Waals surface area contributed by atoms with Crippen LogP contribution in [0.4, 0.5) is 0 Å². The maximum Gasteiger partial charge on any atom is 0.229 e. The number of fused-ring (bicyclic) bond motifs is 1. The Balaban J connectivity index is 1.60. The van der Waals surface area contributed by atoms with E-state index in [4.69, 9.17) is 23.4 Å². The van der Waals surface area contributed by atoms with Gasteiger partial charge < -0.3 is 43.8 Å². The Morgan fingerprint density at radius 2 is 1.64 bits per heavy atom. The van der Waals surface area contributed by atoms with Crippen molar-refractivity contribution in [3.8, 4) is 28.6 Å². The van der Waals surface area contributed by atoms with Crippen LogP contribution in [0, 0.1) is 0 Å². The normalized spacial score (nSPS) is 25.1. The lowest BCUT2D eigenvalue weighted by atomic mass is 9.99. The summed E-state index contributed by atoms with van der Waals surface area (Å²) in [5.41, 5.74) is 0.597. The fourth-order valence-electron chi connectivity index (χ4n) is 3.65. The fourth-order valence-corrected chi connectivity index (χ4v) is 3.65. The molecule has 0 aliphatic carbocycles. The minimum Gasteiger partial charge on any atom is -0.496 e. The summed E-state index contributed by atoms with van der Waals surface area (Å²) >= 11 is 0. The maximum atomic E-state index is 12.7. The van der Waals surface area contributed by atoms with Gasteiger partial charge in [0.15, 0.2) is 5.43 Å². The maximum absolute atomic E-state index is 12.7. The number of rotatable bonds is 6. The van der Waals surface area contributed by atoms with Gasteiger partial charge in [-0.2, -0.15) is 0 Å². The molecule has 2 heterocycles. The van der Waals surface area contributed by atoms with Crippen molar-refractivity contribution in [3.63, 3.8) is 0 Å². The van der Waals surface area contributed by atoms with Crippen LogP contribution >= 0.6 is 0 Å². The van der Waals surface area contributed by atoms with Gasteiger partial charge >= 0.3 is 0 Å². The van der Waals surface area contributed by atoms with Crippen LogP contribution in [0.3, 0.4) is 0 Å². The van der Waals surface area contributed by atoms with E-state index >= 15 is 0 Å². The topological polar surface area (TPSA) is 148 Å². The molecule has 0 radical (unpaired) electrons. The number of hydrogen-bond donors (Lipinski definition) is 4. The summed E-state index contributed by atoms with van der Waals surface area (Å²) < 4.78 is 27.4. The molecule has 1 fully saturated rings. The zero-order chi connectivity index (χ0) is 23.7. The van der Waals surface area contributed by atoms with Gasteiger partial charge in [0.25, 0.3) is 0 Å². The molecule has 3 aromatic rings. The highest BCUT2D eigenvalue weighted by Gasteiger charge is 2.44. The molecule has 10 heteroatoms. The molecule has 33 heavy (non-hydrogen) atoms. The van der Waals surface area contributed by atoms with E-state index in [0.29, 0.717) is 33.8 Å². The zero-order valence-electron chi connectivity index (χ0n) is 17.9. The third-order valence-corrected chi connectivity index (χ3v) is 5.46. The number of ether oxygens (including phenoxy) is 4. The molecule has 0 saturated carbocycles. The molecule has 2 aromatic carbocycles. The van der Waals surface area contributed by atoms with Gasteiger partial charge in [0.1, 0.15) is 58.4 Å². The Morgan fingerprint density at radius 3 is 2.27 bits per heavy atom. The van der Waals surface area contributed by atoms with Crippen LogP contribution < -0.4 is 19.6 Å². The Bertz CT molecular complexity index is 1170. The van der Waals surface area contributed by atoms with E-state index in [1.54, 1.807) is 36.4 Å². The van der Waals surface area contributed by atoms with Gasteiger partial charge in [-0.05, 0) is 24.3 Å². The molecule has 1 aliphatic rings. The third kappa shape index (κ3) is 4.39. The van der Waals surface area contributed by atoms with Crippen LogP contribution in [0.15, 0.2) is 51.7 Å². The van der Waals surface area contributed by atoms with E-state index in [1.165, 1.54) is 20.3 Å². The number of aliphatic hydroxyl groups is 4. The van der Waals surface area contributed by atoms with E-state index in [1.807, 2.05) is 0 Å². The first kappa shape index (κ1) is 23.0. The molecular formula is C23H24O10. The van der Waals surface area contributed by atoms with Gasteiger partial charge in [-0.1, -0.05) is 0 Å². The summed E-state index contributed by atoms with van der Waals surface area (Å²) in [4.78, 5) is 12.7. The minimum atomic E-state index is -1.54.